The van der Waals surface area contributed by atoms with E-state index in [2.05, 4.69) is 20.1 Å². The van der Waals surface area contributed by atoms with Gasteiger partial charge in [0.2, 0.25) is 5.95 Å². The highest BCUT2D eigenvalue weighted by Gasteiger charge is 2.28. The third-order valence-corrected chi connectivity index (χ3v) is 8.85. The van der Waals surface area contributed by atoms with E-state index in [9.17, 15) is 9.18 Å². The minimum Gasteiger partial charge on any atom is -0.365 e. The quantitative estimate of drug-likeness (QED) is 0.360. The number of aromatic nitrogens is 4. The van der Waals surface area contributed by atoms with Crippen LogP contribution in [0.15, 0.2) is 30.6 Å². The third kappa shape index (κ3) is 5.77. The number of benzene rings is 1. The molecule has 3 aromatic rings. The van der Waals surface area contributed by atoms with Gasteiger partial charge in [0.05, 0.1) is 12.4 Å². The van der Waals surface area contributed by atoms with Crippen molar-refractivity contribution in [3.8, 4) is 0 Å². The van der Waals surface area contributed by atoms with Crippen molar-refractivity contribution >= 4 is 29.2 Å². The van der Waals surface area contributed by atoms with E-state index < -0.39 is 0 Å². The van der Waals surface area contributed by atoms with Gasteiger partial charge >= 0.3 is 0 Å². The molecule has 4 N–H and O–H groups in total. The summed E-state index contributed by atoms with van der Waals surface area (Å²) in [5.74, 6) is 1.13. The molecule has 3 heterocycles. The van der Waals surface area contributed by atoms with E-state index in [0.717, 1.165) is 93.3 Å². The first-order valence-electron chi connectivity index (χ1n) is 14.6. The van der Waals surface area contributed by atoms with Gasteiger partial charge in [-0.25, -0.2) is 9.37 Å². The Bertz CT molecular complexity index is 1260. The number of hydrogen-bond donors (Lipinski definition) is 3. The number of aldehydes is 1. The summed E-state index contributed by atoms with van der Waals surface area (Å²) in [7, 11) is 0. The fourth-order valence-electron chi connectivity index (χ4n) is 6.53. The molecule has 10 heteroatoms. The zero-order valence-electron chi connectivity index (χ0n) is 22.4. The van der Waals surface area contributed by atoms with Crippen molar-refractivity contribution in [1.29, 1.82) is 0 Å². The predicted molar refractivity (Wildman–Crippen MR) is 150 cm³/mol. The van der Waals surface area contributed by atoms with Crippen molar-refractivity contribution in [3.05, 3.63) is 42.0 Å². The van der Waals surface area contributed by atoms with Crippen LogP contribution in [0.25, 0.3) is 11.2 Å². The van der Waals surface area contributed by atoms with Gasteiger partial charge in [0.1, 0.15) is 12.1 Å². The molecular weight excluding hydrogens is 495 g/mol. The highest BCUT2D eigenvalue weighted by atomic mass is 19.1. The summed E-state index contributed by atoms with van der Waals surface area (Å²) >= 11 is 0. The van der Waals surface area contributed by atoms with E-state index in [1.807, 2.05) is 6.33 Å². The monoisotopic (exact) mass is 534 g/mol. The van der Waals surface area contributed by atoms with Crippen molar-refractivity contribution in [2.75, 3.05) is 23.7 Å². The molecule has 1 aromatic carbocycles. The van der Waals surface area contributed by atoms with Crippen LogP contribution in [0.5, 0.6) is 0 Å². The first-order valence-corrected chi connectivity index (χ1v) is 14.6. The van der Waals surface area contributed by atoms with Gasteiger partial charge in [-0.15, -0.1) is 0 Å². The number of likely N-dealkylation sites (tertiary alicyclic amines) is 1. The molecule has 1 aliphatic heterocycles. The molecular formula is C29H39FN8O. The Morgan fingerprint density at radius 3 is 2.31 bits per heavy atom. The summed E-state index contributed by atoms with van der Waals surface area (Å²) in [6.45, 7) is 1.52. The van der Waals surface area contributed by atoms with Crippen LogP contribution >= 0.6 is 0 Å². The smallest absolute Gasteiger partial charge is 0.227 e. The lowest BCUT2D eigenvalue weighted by Gasteiger charge is -2.36. The standard InChI is InChI=1S/C29H39FN8O/c30-20-7-5-19(6-8-20)25(17-39)37-15-13-23(14-16-37)33-27-26-28(38(18-32-26)24-3-1-2-4-24)36-29(35-27)34-22-11-9-21(31)10-12-22/h5-8,17-18,21-25H,1-4,9-16,31H2,(H2,33,34,35,36). The van der Waals surface area contributed by atoms with Crippen LogP contribution in [0, 0.1) is 5.82 Å². The first kappa shape index (κ1) is 26.1. The van der Waals surface area contributed by atoms with Gasteiger partial charge in [-0.3, -0.25) is 4.90 Å². The van der Waals surface area contributed by atoms with E-state index in [1.54, 1.807) is 12.1 Å². The fourth-order valence-corrected chi connectivity index (χ4v) is 6.53. The number of hydrogen-bond acceptors (Lipinski definition) is 8. The zero-order valence-corrected chi connectivity index (χ0v) is 22.4. The second-order valence-electron chi connectivity index (χ2n) is 11.5. The number of imidazole rings is 1. The number of carbonyl (C=O) groups excluding carboxylic acids is 1. The lowest BCUT2D eigenvalue weighted by Crippen LogP contribution is -2.41. The van der Waals surface area contributed by atoms with E-state index in [-0.39, 0.29) is 17.9 Å². The van der Waals surface area contributed by atoms with Crippen molar-refractivity contribution in [3.63, 3.8) is 0 Å². The maximum Gasteiger partial charge on any atom is 0.227 e. The Morgan fingerprint density at radius 2 is 1.62 bits per heavy atom. The molecule has 3 fully saturated rings. The number of anilines is 2. The minimum atomic E-state index is -0.362. The lowest BCUT2D eigenvalue weighted by molar-refractivity contribution is -0.113. The van der Waals surface area contributed by atoms with Gasteiger partial charge in [0.15, 0.2) is 17.0 Å². The number of halogens is 1. The van der Waals surface area contributed by atoms with Crippen LogP contribution in [0.1, 0.15) is 81.9 Å². The molecule has 39 heavy (non-hydrogen) atoms. The molecule has 1 atom stereocenters. The summed E-state index contributed by atoms with van der Waals surface area (Å²) in [5.41, 5.74) is 8.66. The number of nitrogens with zero attached hydrogens (tertiary/aromatic N) is 5. The molecule has 2 aromatic heterocycles. The Labute approximate surface area is 228 Å². The molecule has 1 saturated heterocycles. The zero-order chi connectivity index (χ0) is 26.8. The van der Waals surface area contributed by atoms with Gasteiger partial charge in [-0.1, -0.05) is 25.0 Å². The maximum atomic E-state index is 13.4. The Kier molecular flexibility index (Phi) is 7.74. The largest absolute Gasteiger partial charge is 0.365 e. The summed E-state index contributed by atoms with van der Waals surface area (Å²) in [4.78, 5) is 28.8. The van der Waals surface area contributed by atoms with Crippen molar-refractivity contribution in [1.82, 2.24) is 24.4 Å². The molecule has 0 amide bonds. The minimum absolute atomic E-state index is 0.206. The lowest BCUT2D eigenvalue weighted by atomic mass is 9.92. The van der Waals surface area contributed by atoms with Crippen molar-refractivity contribution in [2.45, 2.75) is 94.4 Å². The van der Waals surface area contributed by atoms with E-state index in [1.165, 1.54) is 25.0 Å². The second-order valence-corrected chi connectivity index (χ2v) is 11.5. The SMILES string of the molecule is NC1CCC(Nc2nc(NC3CCN(C(C=O)c4ccc(F)cc4)CC3)c3ncn(C4CCCC4)c3n2)CC1. The summed E-state index contributed by atoms with van der Waals surface area (Å²) in [6.07, 6.45) is 13.5. The van der Waals surface area contributed by atoms with Crippen molar-refractivity contribution < 1.29 is 9.18 Å². The van der Waals surface area contributed by atoms with Gasteiger partial charge in [0.25, 0.3) is 0 Å². The predicted octanol–water partition coefficient (Wildman–Crippen LogP) is 4.58. The van der Waals surface area contributed by atoms with Gasteiger partial charge in [-0.05, 0) is 69.1 Å². The number of nitrogens with two attached hydrogens (primary N) is 1. The number of rotatable bonds is 8. The topological polar surface area (TPSA) is 114 Å². The molecule has 0 radical (unpaired) electrons. The number of fused-ring (bicyclic) bond motifs is 1. The molecule has 208 valence electrons. The van der Waals surface area contributed by atoms with Crippen LogP contribution in [0.2, 0.25) is 0 Å². The second kappa shape index (κ2) is 11.6. The number of carbonyl (C=O) groups is 1. The van der Waals surface area contributed by atoms with E-state index >= 15 is 0 Å². The molecule has 0 bridgehead atoms. The van der Waals surface area contributed by atoms with Crippen LogP contribution < -0.4 is 16.4 Å². The van der Waals surface area contributed by atoms with Gasteiger partial charge < -0.3 is 25.7 Å². The Balaban J connectivity index is 1.19. The van der Waals surface area contributed by atoms with Crippen molar-refractivity contribution in [2.24, 2.45) is 5.73 Å². The molecule has 3 aliphatic rings. The highest BCUT2D eigenvalue weighted by molar-refractivity contribution is 5.84. The van der Waals surface area contributed by atoms with Crippen LogP contribution in [0.4, 0.5) is 16.2 Å². The van der Waals surface area contributed by atoms with Gasteiger partial charge in [-0.2, -0.15) is 9.97 Å². The Morgan fingerprint density at radius 1 is 0.923 bits per heavy atom. The van der Waals surface area contributed by atoms with E-state index in [4.69, 9.17) is 20.7 Å². The molecule has 6 rings (SSSR count). The molecule has 0 spiro atoms. The molecule has 2 aliphatic carbocycles. The van der Waals surface area contributed by atoms with Gasteiger partial charge in [0, 0.05) is 37.3 Å². The van der Waals surface area contributed by atoms with E-state index in [0.29, 0.717) is 24.1 Å². The maximum absolute atomic E-state index is 13.4. The summed E-state index contributed by atoms with van der Waals surface area (Å²) < 4.78 is 15.6. The van der Waals surface area contributed by atoms with Crippen LogP contribution in [0.3, 0.4) is 0 Å². The van der Waals surface area contributed by atoms with Crippen LogP contribution in [-0.2, 0) is 4.79 Å². The first-order chi connectivity index (χ1) is 19.1. The molecule has 2 saturated carbocycles. The van der Waals surface area contributed by atoms with Crippen LogP contribution in [-0.4, -0.2) is 61.9 Å². The normalized spacial score (nSPS) is 24.2. The highest BCUT2D eigenvalue weighted by Crippen LogP contribution is 2.34. The average molecular weight is 535 g/mol. The number of piperidine rings is 1. The third-order valence-electron chi connectivity index (χ3n) is 8.85. The molecule has 9 nitrogen and oxygen atoms in total. The summed E-state index contributed by atoms with van der Waals surface area (Å²) in [5, 5.41) is 7.28. The fraction of sp³-hybridized carbons (Fsp3) is 0.586. The Hall–Kier alpha value is -3.11. The molecule has 1 unspecified atom stereocenters. The average Bonchev–Trinajstić information content (AvgIpc) is 3.63. The summed E-state index contributed by atoms with van der Waals surface area (Å²) in [6, 6.07) is 7.13. The number of nitrogens with one attached hydrogen (secondary N) is 2.